The number of hydrogen-bond donors (Lipinski definition) is 0. The van der Waals surface area contributed by atoms with Crippen LogP contribution in [0.5, 0.6) is 5.88 Å². The number of likely N-dealkylation sites (tertiary alicyclic amines) is 1. The third kappa shape index (κ3) is 5.47. The average Bonchev–Trinajstić information content (AvgIpc) is 3.46. The highest BCUT2D eigenvalue weighted by molar-refractivity contribution is 14.1. The Bertz CT molecular complexity index is 1440. The molecule has 4 aromatic rings. The molecule has 10 nitrogen and oxygen atoms in total. The van der Waals surface area contributed by atoms with Gasteiger partial charge in [0.25, 0.3) is 0 Å². The number of hydrogen-bond acceptors (Lipinski definition) is 7. The minimum absolute atomic E-state index is 0.158. The maximum Gasteiger partial charge on any atom is 0.410 e. The van der Waals surface area contributed by atoms with Gasteiger partial charge in [-0.1, -0.05) is 11.3 Å². The van der Waals surface area contributed by atoms with E-state index in [0.717, 1.165) is 44.8 Å². The van der Waals surface area contributed by atoms with Crippen LogP contribution in [0.1, 0.15) is 64.1 Å². The Labute approximate surface area is 235 Å². The second-order valence-electron chi connectivity index (χ2n) is 10.5. The molecule has 1 amide bonds. The Kier molecular flexibility index (Phi) is 7.30. The van der Waals surface area contributed by atoms with E-state index in [0.29, 0.717) is 19.0 Å². The number of carbonyl (C=O) groups excluding carboxylic acids is 1. The molecule has 0 aliphatic carbocycles. The number of carbonyl (C=O) groups is 1. The summed E-state index contributed by atoms with van der Waals surface area (Å²) in [5.41, 5.74) is 3.76. The van der Waals surface area contributed by atoms with E-state index in [1.54, 1.807) is 11.1 Å². The van der Waals surface area contributed by atoms with Crippen LogP contribution >= 0.6 is 22.6 Å². The standard InChI is InChI=1S/C27H32IN7O3/c1-17-25(31-32-35(17)20-9-12-33(13-10-20)26(36)38-27(3,4)5)19-14-23-30-16-22(28)34(23)24(15-19)37-18(2)21-8-6-7-11-29-21/h6-8,11,14-16,18,20H,9-10,12-13H2,1-5H3/t18-/m1/s1. The molecule has 1 aliphatic heterocycles. The van der Waals surface area contributed by atoms with Crippen LogP contribution in [0, 0.1) is 10.6 Å². The van der Waals surface area contributed by atoms with Crippen molar-refractivity contribution in [1.82, 2.24) is 34.3 Å². The first-order chi connectivity index (χ1) is 18.1. The van der Waals surface area contributed by atoms with Crippen molar-refractivity contribution in [2.24, 2.45) is 0 Å². The van der Waals surface area contributed by atoms with Crippen molar-refractivity contribution in [3.05, 3.63) is 57.8 Å². The molecule has 0 unspecified atom stereocenters. The highest BCUT2D eigenvalue weighted by atomic mass is 127. The maximum atomic E-state index is 12.5. The van der Waals surface area contributed by atoms with E-state index in [2.05, 4.69) is 42.9 Å². The van der Waals surface area contributed by atoms with Gasteiger partial charge in [-0.3, -0.25) is 9.38 Å². The van der Waals surface area contributed by atoms with Gasteiger partial charge in [0.05, 0.1) is 23.6 Å². The average molecular weight is 630 g/mol. The lowest BCUT2D eigenvalue weighted by Crippen LogP contribution is -2.42. The summed E-state index contributed by atoms with van der Waals surface area (Å²) < 4.78 is 16.8. The predicted octanol–water partition coefficient (Wildman–Crippen LogP) is 5.61. The van der Waals surface area contributed by atoms with Crippen LogP contribution in [-0.2, 0) is 4.74 Å². The van der Waals surface area contributed by atoms with Crippen molar-refractivity contribution in [2.45, 2.75) is 65.2 Å². The zero-order chi connectivity index (χ0) is 27.0. The summed E-state index contributed by atoms with van der Waals surface area (Å²) in [6.07, 6.45) is 4.65. The fourth-order valence-electron chi connectivity index (χ4n) is 4.70. The van der Waals surface area contributed by atoms with E-state index in [-0.39, 0.29) is 18.2 Å². The van der Waals surface area contributed by atoms with E-state index >= 15 is 0 Å². The van der Waals surface area contributed by atoms with Gasteiger partial charge in [-0.05, 0) is 88.3 Å². The van der Waals surface area contributed by atoms with Gasteiger partial charge >= 0.3 is 6.09 Å². The lowest BCUT2D eigenvalue weighted by Gasteiger charge is -2.33. The highest BCUT2D eigenvalue weighted by Gasteiger charge is 2.29. The van der Waals surface area contributed by atoms with Crippen LogP contribution in [0.15, 0.2) is 42.7 Å². The van der Waals surface area contributed by atoms with Crippen LogP contribution in [0.4, 0.5) is 4.79 Å². The summed E-state index contributed by atoms with van der Waals surface area (Å²) in [6.45, 7) is 10.9. The third-order valence-corrected chi connectivity index (χ3v) is 7.36. The first-order valence-electron chi connectivity index (χ1n) is 12.8. The summed E-state index contributed by atoms with van der Waals surface area (Å²) >= 11 is 2.26. The lowest BCUT2D eigenvalue weighted by molar-refractivity contribution is 0.0184. The van der Waals surface area contributed by atoms with Gasteiger partial charge < -0.3 is 14.4 Å². The second kappa shape index (κ2) is 10.5. The van der Waals surface area contributed by atoms with Crippen molar-refractivity contribution < 1.29 is 14.3 Å². The summed E-state index contributed by atoms with van der Waals surface area (Å²) in [4.78, 5) is 23.3. The molecule has 1 saturated heterocycles. The number of amides is 1. The number of imidazole rings is 1. The van der Waals surface area contributed by atoms with Crippen LogP contribution in [0.25, 0.3) is 16.9 Å². The summed E-state index contributed by atoms with van der Waals surface area (Å²) in [6, 6.07) is 9.95. The Hall–Kier alpha value is -3.22. The van der Waals surface area contributed by atoms with E-state index in [9.17, 15) is 4.79 Å². The highest BCUT2D eigenvalue weighted by Crippen LogP contribution is 2.33. The molecule has 0 aromatic carbocycles. The van der Waals surface area contributed by atoms with Crippen molar-refractivity contribution in [2.75, 3.05) is 13.1 Å². The summed E-state index contributed by atoms with van der Waals surface area (Å²) in [5, 5.41) is 9.08. The smallest absolute Gasteiger partial charge is 0.410 e. The number of pyridine rings is 2. The van der Waals surface area contributed by atoms with E-state index in [1.807, 2.05) is 80.2 Å². The van der Waals surface area contributed by atoms with Gasteiger partial charge in [-0.2, -0.15) is 0 Å². The molecular weight excluding hydrogens is 597 g/mol. The van der Waals surface area contributed by atoms with Crippen LogP contribution < -0.4 is 4.74 Å². The minimum Gasteiger partial charge on any atom is -0.469 e. The fourth-order valence-corrected chi connectivity index (χ4v) is 5.32. The molecule has 0 radical (unpaired) electrons. The van der Waals surface area contributed by atoms with Crippen LogP contribution in [0.2, 0.25) is 0 Å². The van der Waals surface area contributed by atoms with Crippen LogP contribution in [-0.4, -0.2) is 59.0 Å². The van der Waals surface area contributed by atoms with Crippen molar-refractivity contribution in [3.8, 4) is 17.1 Å². The minimum atomic E-state index is -0.503. The molecule has 5 heterocycles. The fraction of sp³-hybridized carbons (Fsp3) is 0.444. The molecule has 0 spiro atoms. The molecule has 0 bridgehead atoms. The summed E-state index contributed by atoms with van der Waals surface area (Å²) in [7, 11) is 0. The van der Waals surface area contributed by atoms with Crippen molar-refractivity contribution in [3.63, 3.8) is 0 Å². The van der Waals surface area contributed by atoms with E-state index < -0.39 is 5.60 Å². The number of nitrogens with zero attached hydrogens (tertiary/aromatic N) is 7. The quantitative estimate of drug-likeness (QED) is 0.265. The predicted molar refractivity (Wildman–Crippen MR) is 151 cm³/mol. The van der Waals surface area contributed by atoms with E-state index in [1.165, 1.54) is 0 Å². The van der Waals surface area contributed by atoms with E-state index in [4.69, 9.17) is 9.47 Å². The van der Waals surface area contributed by atoms with Gasteiger partial charge in [0, 0.05) is 30.9 Å². The molecule has 11 heteroatoms. The molecule has 0 saturated carbocycles. The van der Waals surface area contributed by atoms with Gasteiger partial charge in [0.2, 0.25) is 5.88 Å². The normalized spacial score (nSPS) is 15.6. The zero-order valence-electron chi connectivity index (χ0n) is 22.3. The molecule has 0 N–H and O–H groups in total. The monoisotopic (exact) mass is 629 g/mol. The molecule has 1 aliphatic rings. The summed E-state index contributed by atoms with van der Waals surface area (Å²) in [5.74, 6) is 0.664. The molecule has 4 aromatic heterocycles. The molecule has 200 valence electrons. The number of aromatic nitrogens is 6. The SMILES string of the molecule is Cc1c(-c2cc(O[C@H](C)c3ccccn3)n3c(I)cnc3c2)nnn1C1CCN(C(=O)OC(C)(C)C)CC1. The van der Waals surface area contributed by atoms with Gasteiger partial charge in [0.15, 0.2) is 0 Å². The Balaban J connectivity index is 1.38. The lowest BCUT2D eigenvalue weighted by atomic mass is 10.0. The Morgan fingerprint density at radius 1 is 1.16 bits per heavy atom. The maximum absolute atomic E-state index is 12.5. The number of piperidine rings is 1. The first kappa shape index (κ1) is 26.4. The number of rotatable bonds is 5. The first-order valence-corrected chi connectivity index (χ1v) is 13.8. The number of fused-ring (bicyclic) bond motifs is 1. The molecule has 5 rings (SSSR count). The molecule has 1 fully saturated rings. The Morgan fingerprint density at radius 3 is 2.61 bits per heavy atom. The zero-order valence-corrected chi connectivity index (χ0v) is 24.4. The number of ether oxygens (including phenoxy) is 2. The molecule has 1 atom stereocenters. The molecular formula is C27H32IN7O3. The van der Waals surface area contributed by atoms with Gasteiger partial charge in [-0.15, -0.1) is 5.10 Å². The largest absolute Gasteiger partial charge is 0.469 e. The topological polar surface area (TPSA) is 99.7 Å². The van der Waals surface area contributed by atoms with Gasteiger partial charge in [-0.25, -0.2) is 14.5 Å². The van der Waals surface area contributed by atoms with Crippen molar-refractivity contribution in [1.29, 1.82) is 0 Å². The molecule has 38 heavy (non-hydrogen) atoms. The second-order valence-corrected chi connectivity index (χ2v) is 11.6. The Morgan fingerprint density at radius 2 is 1.92 bits per heavy atom. The van der Waals surface area contributed by atoms with Crippen molar-refractivity contribution >= 4 is 34.3 Å². The van der Waals surface area contributed by atoms with Gasteiger partial charge in [0.1, 0.15) is 26.7 Å². The third-order valence-electron chi connectivity index (χ3n) is 6.59. The number of halogens is 1. The van der Waals surface area contributed by atoms with Crippen LogP contribution in [0.3, 0.4) is 0 Å².